The fourth-order valence-electron chi connectivity index (χ4n) is 4.22. The minimum Gasteiger partial charge on any atom is -0.516 e. The van der Waals surface area contributed by atoms with Crippen LogP contribution in [0.3, 0.4) is 0 Å². The van der Waals surface area contributed by atoms with E-state index in [1.165, 1.54) is 6.08 Å². The minimum absolute atomic E-state index is 0.00357. The third-order valence-corrected chi connectivity index (χ3v) is 6.85. The zero-order chi connectivity index (χ0) is 30.3. The number of aromatic hydroxyl groups is 1. The molecule has 2 atom stereocenters. The van der Waals surface area contributed by atoms with Crippen molar-refractivity contribution in [1.29, 1.82) is 0 Å². The highest BCUT2D eigenvalue weighted by molar-refractivity contribution is 6.01. The highest BCUT2D eigenvalue weighted by Crippen LogP contribution is 2.39. The molecule has 0 saturated carbocycles. The first-order valence-electron chi connectivity index (χ1n) is 14.2. The molecule has 0 aliphatic carbocycles. The van der Waals surface area contributed by atoms with Gasteiger partial charge in [0.25, 0.3) is 5.91 Å². The van der Waals surface area contributed by atoms with Gasteiger partial charge in [0.2, 0.25) is 0 Å². The van der Waals surface area contributed by atoms with E-state index >= 15 is 0 Å². The number of ether oxygens (including phenoxy) is 2. The van der Waals surface area contributed by atoms with Crippen molar-refractivity contribution in [3.63, 3.8) is 0 Å². The Morgan fingerprint density at radius 2 is 1.93 bits per heavy atom. The number of amides is 1. The van der Waals surface area contributed by atoms with Crippen LogP contribution >= 0.6 is 0 Å². The number of phenols is 1. The quantitative estimate of drug-likeness (QED) is 0.0804. The average Bonchev–Trinajstić information content (AvgIpc) is 3.54. The van der Waals surface area contributed by atoms with E-state index in [1.54, 1.807) is 23.1 Å². The molecule has 8 nitrogen and oxygen atoms in total. The number of hydrogen-bond donors (Lipinski definition) is 4. The lowest BCUT2D eigenvalue weighted by Crippen LogP contribution is -2.32. The van der Waals surface area contributed by atoms with Gasteiger partial charge < -0.3 is 35.0 Å². The van der Waals surface area contributed by atoms with Crippen LogP contribution < -0.4 is 5.32 Å². The second kappa shape index (κ2) is 17.1. The molecule has 1 aliphatic rings. The van der Waals surface area contributed by atoms with Crippen molar-refractivity contribution < 1.29 is 29.6 Å². The van der Waals surface area contributed by atoms with Crippen LogP contribution in [0.15, 0.2) is 54.3 Å². The fourth-order valence-corrected chi connectivity index (χ4v) is 4.22. The van der Waals surface area contributed by atoms with Crippen molar-refractivity contribution >= 4 is 11.6 Å². The number of nitrogens with one attached hydrogen (secondary N) is 1. The van der Waals surface area contributed by atoms with Crippen LogP contribution in [-0.4, -0.2) is 76.3 Å². The summed E-state index contributed by atoms with van der Waals surface area (Å²) in [6, 6.07) is 4.88. The second-order valence-corrected chi connectivity index (χ2v) is 11.2. The van der Waals surface area contributed by atoms with Gasteiger partial charge >= 0.3 is 0 Å². The van der Waals surface area contributed by atoms with E-state index in [4.69, 9.17) is 14.6 Å². The molecular weight excluding hydrogens is 508 g/mol. The van der Waals surface area contributed by atoms with Gasteiger partial charge in [0, 0.05) is 26.2 Å². The first-order valence-corrected chi connectivity index (χ1v) is 14.2. The van der Waals surface area contributed by atoms with E-state index in [1.807, 2.05) is 32.1 Å². The molecule has 2 unspecified atom stereocenters. The topological polar surface area (TPSA) is 115 Å². The highest BCUT2D eigenvalue weighted by atomic mass is 16.6. The summed E-state index contributed by atoms with van der Waals surface area (Å²) in [6.45, 7) is 15.7. The van der Waals surface area contributed by atoms with Gasteiger partial charge in [-0.05, 0) is 85.4 Å². The summed E-state index contributed by atoms with van der Waals surface area (Å²) in [7, 11) is 1.00. The van der Waals surface area contributed by atoms with Crippen molar-refractivity contribution in [2.75, 3.05) is 32.1 Å². The van der Waals surface area contributed by atoms with Crippen molar-refractivity contribution in [3.8, 4) is 5.75 Å². The molecule has 1 amide bonds. The van der Waals surface area contributed by atoms with Crippen molar-refractivity contribution in [2.24, 2.45) is 0 Å². The van der Waals surface area contributed by atoms with E-state index in [0.717, 1.165) is 44.6 Å². The number of anilines is 1. The van der Waals surface area contributed by atoms with Crippen molar-refractivity contribution in [3.05, 3.63) is 59.9 Å². The van der Waals surface area contributed by atoms with Crippen molar-refractivity contribution in [1.82, 2.24) is 4.90 Å². The number of hydrogen-bond acceptors (Lipinski definition) is 7. The Balaban J connectivity index is 0.00000391. The Hall–Kier alpha value is -2.81. The van der Waals surface area contributed by atoms with E-state index in [-0.39, 0.29) is 35.4 Å². The normalized spacial score (nSPS) is 17.4. The molecule has 1 fully saturated rings. The van der Waals surface area contributed by atoms with Gasteiger partial charge in [0.1, 0.15) is 5.75 Å². The molecule has 0 bridgehead atoms. The molecule has 1 aromatic rings. The van der Waals surface area contributed by atoms with Gasteiger partial charge in [-0.3, -0.25) is 4.79 Å². The standard InChI is InChI=1S/C31H48N2O5.CH4O/c1-8-9-12-24(3)32-28-25(13-10-14-26(28)35)29(36)33(19-11-21-34)20-16-23(2)17-22-37-30(4,5)18-15-27-31(6,7)38-27;1-2/h9-14,16,21,24,27,32,34-35H,8,15,17-20,22H2,1-7H3;2H,1H3/b12-9-,21-11+,23-16+;. The highest BCUT2D eigenvalue weighted by Gasteiger charge is 2.47. The number of aliphatic hydroxyl groups excluding tert-OH is 2. The molecule has 1 heterocycles. The van der Waals surface area contributed by atoms with Gasteiger partial charge in [-0.15, -0.1) is 0 Å². The third kappa shape index (κ3) is 12.1. The zero-order valence-corrected chi connectivity index (χ0v) is 25.7. The van der Waals surface area contributed by atoms with Crippen molar-refractivity contribution in [2.45, 2.75) is 97.5 Å². The number of nitrogens with zero attached hydrogens (tertiary/aromatic N) is 1. The van der Waals surface area contributed by atoms with Crippen LogP contribution in [0.4, 0.5) is 5.69 Å². The summed E-state index contributed by atoms with van der Waals surface area (Å²) in [5.74, 6) is -0.214. The number of epoxide rings is 1. The van der Waals surface area contributed by atoms with Gasteiger partial charge in [0.15, 0.2) is 0 Å². The molecule has 1 saturated heterocycles. The number of aliphatic hydroxyl groups is 2. The van der Waals surface area contributed by atoms with Crippen LogP contribution in [0.2, 0.25) is 0 Å². The smallest absolute Gasteiger partial charge is 0.256 e. The predicted molar refractivity (Wildman–Crippen MR) is 163 cm³/mol. The van der Waals surface area contributed by atoms with Gasteiger partial charge in [-0.25, -0.2) is 0 Å². The molecule has 0 spiro atoms. The SMILES string of the molecule is CC/C=C\C(C)Nc1c(O)cccc1C(=O)N(C/C=C/O)C/C=C(\C)CCOC(C)(C)CCC1OC1(C)C.CO. The van der Waals surface area contributed by atoms with Gasteiger partial charge in [-0.2, -0.15) is 0 Å². The molecule has 0 aromatic heterocycles. The van der Waals surface area contributed by atoms with Gasteiger partial charge in [-0.1, -0.05) is 36.8 Å². The molecule has 1 aromatic carbocycles. The van der Waals surface area contributed by atoms with Crippen LogP contribution in [0, 0.1) is 0 Å². The van der Waals surface area contributed by atoms with Crippen LogP contribution in [0.25, 0.3) is 0 Å². The molecule has 2 rings (SSSR count). The van der Waals surface area contributed by atoms with E-state index in [9.17, 15) is 15.0 Å². The molecule has 226 valence electrons. The Morgan fingerprint density at radius 3 is 2.52 bits per heavy atom. The molecular formula is C32H52N2O6. The van der Waals surface area contributed by atoms with Crippen LogP contribution in [0.1, 0.15) is 84.5 Å². The van der Waals surface area contributed by atoms with E-state index in [2.05, 4.69) is 39.9 Å². The summed E-state index contributed by atoms with van der Waals surface area (Å²) in [6.07, 6.45) is 12.4. The number of carbonyl (C=O) groups is 1. The summed E-state index contributed by atoms with van der Waals surface area (Å²) in [5, 5.41) is 30.0. The maximum absolute atomic E-state index is 13.5. The Labute approximate surface area is 241 Å². The Bertz CT molecular complexity index is 999. The Kier molecular flexibility index (Phi) is 15.1. The molecule has 40 heavy (non-hydrogen) atoms. The summed E-state index contributed by atoms with van der Waals surface area (Å²) >= 11 is 0. The fraction of sp³-hybridized carbons (Fsp3) is 0.594. The number of phenolic OH excluding ortho intramolecular Hbond substituents is 1. The van der Waals surface area contributed by atoms with Crippen LogP contribution in [-0.2, 0) is 9.47 Å². The van der Waals surface area contributed by atoms with Crippen LogP contribution in [0.5, 0.6) is 5.75 Å². The first-order chi connectivity index (χ1) is 18.9. The lowest BCUT2D eigenvalue weighted by atomic mass is 9.97. The number of rotatable bonds is 16. The first kappa shape index (κ1) is 35.2. The molecule has 8 heteroatoms. The predicted octanol–water partition coefficient (Wildman–Crippen LogP) is 6.37. The maximum atomic E-state index is 13.5. The second-order valence-electron chi connectivity index (χ2n) is 11.2. The number of allylic oxidation sites excluding steroid dienone is 1. The minimum atomic E-state index is -0.236. The lowest BCUT2D eigenvalue weighted by Gasteiger charge is -2.25. The summed E-state index contributed by atoms with van der Waals surface area (Å²) in [4.78, 5) is 15.2. The molecule has 1 aliphatic heterocycles. The molecule has 4 N–H and O–H groups in total. The lowest BCUT2D eigenvalue weighted by molar-refractivity contribution is -0.0241. The summed E-state index contributed by atoms with van der Waals surface area (Å²) in [5.41, 5.74) is 1.68. The average molecular weight is 561 g/mol. The van der Waals surface area contributed by atoms with E-state index < -0.39 is 0 Å². The number of benzene rings is 1. The zero-order valence-electron chi connectivity index (χ0n) is 25.7. The molecule has 0 radical (unpaired) electrons. The van der Waals surface area contributed by atoms with Gasteiger partial charge in [0.05, 0.1) is 41.4 Å². The number of para-hydroxylation sites is 1. The largest absolute Gasteiger partial charge is 0.516 e. The number of carbonyl (C=O) groups excluding carboxylic acids is 1. The Morgan fingerprint density at radius 1 is 1.25 bits per heavy atom. The maximum Gasteiger partial charge on any atom is 0.256 e. The summed E-state index contributed by atoms with van der Waals surface area (Å²) < 4.78 is 11.9. The third-order valence-electron chi connectivity index (χ3n) is 6.85. The van der Waals surface area contributed by atoms with E-state index in [0.29, 0.717) is 30.5 Å². The monoisotopic (exact) mass is 560 g/mol.